The Labute approximate surface area is 164 Å². The zero-order valence-corrected chi connectivity index (χ0v) is 15.9. The van der Waals surface area contributed by atoms with Gasteiger partial charge in [0.25, 0.3) is 5.79 Å². The van der Waals surface area contributed by atoms with Gasteiger partial charge in [0, 0.05) is 31.3 Å². The van der Waals surface area contributed by atoms with Gasteiger partial charge in [0.15, 0.2) is 5.57 Å². The number of nitrogens with zero attached hydrogens (tertiary/aromatic N) is 1. The lowest BCUT2D eigenvalue weighted by molar-refractivity contribution is -0.222. The predicted octanol–water partition coefficient (Wildman–Crippen LogP) is 3.80. The van der Waals surface area contributed by atoms with Crippen molar-refractivity contribution in [1.82, 2.24) is 4.98 Å². The fourth-order valence-electron chi connectivity index (χ4n) is 2.71. The van der Waals surface area contributed by atoms with Gasteiger partial charge in [-0.3, -0.25) is 0 Å². The van der Waals surface area contributed by atoms with Crippen molar-refractivity contribution >= 4 is 39.2 Å². The number of phenols is 1. The molecular formula is C20H16N2O5S. The van der Waals surface area contributed by atoms with E-state index < -0.39 is 17.7 Å². The standard InChI is InChI=1S/C20H16N2O5S/c1-20(2)26-18(24)14(19(25)27-20)10-21-12-6-7-15-16(9-12)28-17(22-15)11-4-3-5-13(23)8-11/h3-10,21,23H,1-2H3. The van der Waals surface area contributed by atoms with Crippen LogP contribution in [0.15, 0.2) is 54.2 Å². The first kappa shape index (κ1) is 18.0. The molecular weight excluding hydrogens is 380 g/mol. The lowest BCUT2D eigenvalue weighted by atomic mass is 10.2. The first-order chi connectivity index (χ1) is 13.3. The minimum absolute atomic E-state index is 0.181. The molecule has 1 fully saturated rings. The minimum atomic E-state index is -1.27. The first-order valence-corrected chi connectivity index (χ1v) is 9.26. The first-order valence-electron chi connectivity index (χ1n) is 8.44. The highest BCUT2D eigenvalue weighted by Gasteiger charge is 2.38. The van der Waals surface area contributed by atoms with Gasteiger partial charge in [-0.25, -0.2) is 14.6 Å². The smallest absolute Gasteiger partial charge is 0.350 e. The molecule has 0 atom stereocenters. The van der Waals surface area contributed by atoms with Crippen LogP contribution >= 0.6 is 11.3 Å². The number of phenolic OH excluding ortho intramolecular Hbond substituents is 1. The maximum absolute atomic E-state index is 12.0. The molecule has 0 bridgehead atoms. The van der Waals surface area contributed by atoms with Crippen LogP contribution in [0.4, 0.5) is 5.69 Å². The number of benzene rings is 2. The number of aromatic hydroxyl groups is 1. The van der Waals surface area contributed by atoms with Crippen LogP contribution in [0.3, 0.4) is 0 Å². The van der Waals surface area contributed by atoms with Crippen molar-refractivity contribution in [2.24, 2.45) is 0 Å². The van der Waals surface area contributed by atoms with Gasteiger partial charge in [-0.15, -0.1) is 11.3 Å². The Morgan fingerprint density at radius 3 is 2.57 bits per heavy atom. The number of cyclic esters (lactones) is 2. The normalized spacial score (nSPS) is 15.9. The molecule has 0 aliphatic carbocycles. The van der Waals surface area contributed by atoms with Crippen LogP contribution in [0.25, 0.3) is 20.8 Å². The Kier molecular flexibility index (Phi) is 4.27. The molecule has 4 rings (SSSR count). The summed E-state index contributed by atoms with van der Waals surface area (Å²) in [6, 6.07) is 12.4. The fourth-order valence-corrected chi connectivity index (χ4v) is 3.71. The van der Waals surface area contributed by atoms with Crippen LogP contribution < -0.4 is 5.32 Å². The maximum atomic E-state index is 12.0. The van der Waals surface area contributed by atoms with Gasteiger partial charge >= 0.3 is 11.9 Å². The van der Waals surface area contributed by atoms with E-state index in [1.165, 1.54) is 31.4 Å². The molecule has 1 aliphatic heterocycles. The van der Waals surface area contributed by atoms with E-state index in [2.05, 4.69) is 10.3 Å². The lowest BCUT2D eigenvalue weighted by Gasteiger charge is -2.29. The summed E-state index contributed by atoms with van der Waals surface area (Å²) in [5.74, 6) is -2.56. The number of hydrogen-bond donors (Lipinski definition) is 2. The molecule has 1 saturated heterocycles. The van der Waals surface area contributed by atoms with Crippen molar-refractivity contribution in [3.63, 3.8) is 0 Å². The molecule has 28 heavy (non-hydrogen) atoms. The molecule has 0 spiro atoms. The Morgan fingerprint density at radius 2 is 1.86 bits per heavy atom. The number of ether oxygens (including phenoxy) is 2. The number of esters is 2. The Balaban J connectivity index is 1.59. The van der Waals surface area contributed by atoms with Crippen LogP contribution in [0.2, 0.25) is 0 Å². The van der Waals surface area contributed by atoms with E-state index in [4.69, 9.17) is 9.47 Å². The lowest BCUT2D eigenvalue weighted by Crippen LogP contribution is -2.42. The van der Waals surface area contributed by atoms with Crippen molar-refractivity contribution in [3.05, 3.63) is 54.2 Å². The Bertz CT molecular complexity index is 1110. The second kappa shape index (κ2) is 6.65. The minimum Gasteiger partial charge on any atom is -0.508 e. The molecule has 2 heterocycles. The number of carbonyl (C=O) groups excluding carboxylic acids is 2. The van der Waals surface area contributed by atoms with Crippen LogP contribution in [0.1, 0.15) is 13.8 Å². The molecule has 7 nitrogen and oxygen atoms in total. The van der Waals surface area contributed by atoms with Gasteiger partial charge in [0.05, 0.1) is 10.2 Å². The van der Waals surface area contributed by atoms with E-state index in [-0.39, 0.29) is 11.3 Å². The molecule has 1 aromatic heterocycles. The third-order valence-corrected chi connectivity index (χ3v) is 5.05. The van der Waals surface area contributed by atoms with Gasteiger partial charge in [-0.1, -0.05) is 12.1 Å². The Morgan fingerprint density at radius 1 is 1.11 bits per heavy atom. The zero-order chi connectivity index (χ0) is 19.9. The summed E-state index contributed by atoms with van der Waals surface area (Å²) in [7, 11) is 0. The monoisotopic (exact) mass is 396 g/mol. The van der Waals surface area contributed by atoms with E-state index >= 15 is 0 Å². The average Bonchev–Trinajstić information content (AvgIpc) is 3.03. The molecule has 142 valence electrons. The number of nitrogens with one attached hydrogen (secondary N) is 1. The number of carbonyl (C=O) groups is 2. The molecule has 3 aromatic rings. The van der Waals surface area contributed by atoms with Crippen molar-refractivity contribution in [2.45, 2.75) is 19.6 Å². The summed E-state index contributed by atoms with van der Waals surface area (Å²) in [6.45, 7) is 2.99. The molecule has 2 N–H and O–H groups in total. The molecule has 0 unspecified atom stereocenters. The van der Waals surface area contributed by atoms with Crippen molar-refractivity contribution in [1.29, 1.82) is 0 Å². The van der Waals surface area contributed by atoms with Gasteiger partial charge in [-0.05, 0) is 30.3 Å². The summed E-state index contributed by atoms with van der Waals surface area (Å²) in [5, 5.41) is 13.4. The molecule has 0 amide bonds. The van der Waals surface area contributed by atoms with Gasteiger partial charge < -0.3 is 19.9 Å². The third-order valence-electron chi connectivity index (χ3n) is 3.98. The summed E-state index contributed by atoms with van der Waals surface area (Å²) in [6.07, 6.45) is 1.28. The van der Waals surface area contributed by atoms with E-state index in [9.17, 15) is 14.7 Å². The number of fused-ring (bicyclic) bond motifs is 1. The van der Waals surface area contributed by atoms with Gasteiger partial charge in [0.2, 0.25) is 0 Å². The molecule has 2 aromatic carbocycles. The van der Waals surface area contributed by atoms with Crippen molar-refractivity contribution < 1.29 is 24.2 Å². The number of rotatable bonds is 3. The molecule has 1 aliphatic rings. The number of anilines is 1. The van der Waals surface area contributed by atoms with E-state index in [0.29, 0.717) is 5.69 Å². The topological polar surface area (TPSA) is 97.8 Å². The second-order valence-corrected chi connectivity index (χ2v) is 7.66. The second-order valence-electron chi connectivity index (χ2n) is 6.63. The summed E-state index contributed by atoms with van der Waals surface area (Å²) in [5.41, 5.74) is 2.11. The highest BCUT2D eigenvalue weighted by molar-refractivity contribution is 7.21. The van der Waals surface area contributed by atoms with E-state index in [0.717, 1.165) is 20.8 Å². The molecule has 0 radical (unpaired) electrons. The van der Waals surface area contributed by atoms with Crippen LogP contribution in [-0.4, -0.2) is 27.8 Å². The van der Waals surface area contributed by atoms with E-state index in [1.807, 2.05) is 18.2 Å². The zero-order valence-electron chi connectivity index (χ0n) is 15.1. The van der Waals surface area contributed by atoms with Crippen LogP contribution in [0, 0.1) is 0 Å². The van der Waals surface area contributed by atoms with Crippen molar-refractivity contribution in [2.75, 3.05) is 5.32 Å². The third kappa shape index (κ3) is 3.54. The number of hydrogen-bond acceptors (Lipinski definition) is 8. The predicted molar refractivity (Wildman–Crippen MR) is 105 cm³/mol. The SMILES string of the molecule is CC1(C)OC(=O)C(=CNc2ccc3nc(-c4cccc(O)c4)sc3c2)C(=O)O1. The summed E-state index contributed by atoms with van der Waals surface area (Å²) in [4.78, 5) is 28.5. The van der Waals surface area contributed by atoms with Crippen LogP contribution in [-0.2, 0) is 19.1 Å². The van der Waals surface area contributed by atoms with Crippen LogP contribution in [0.5, 0.6) is 5.75 Å². The summed E-state index contributed by atoms with van der Waals surface area (Å²) < 4.78 is 11.0. The molecule has 0 saturated carbocycles. The fraction of sp³-hybridized carbons (Fsp3) is 0.150. The summed E-state index contributed by atoms with van der Waals surface area (Å²) >= 11 is 1.47. The number of aromatic nitrogens is 1. The van der Waals surface area contributed by atoms with E-state index in [1.54, 1.807) is 24.3 Å². The van der Waals surface area contributed by atoms with Crippen molar-refractivity contribution in [3.8, 4) is 16.3 Å². The maximum Gasteiger partial charge on any atom is 0.350 e. The highest BCUT2D eigenvalue weighted by atomic mass is 32.1. The van der Waals surface area contributed by atoms with Gasteiger partial charge in [-0.2, -0.15) is 0 Å². The largest absolute Gasteiger partial charge is 0.508 e. The quantitative estimate of drug-likeness (QED) is 0.395. The molecule has 8 heteroatoms. The van der Waals surface area contributed by atoms with Gasteiger partial charge in [0.1, 0.15) is 10.8 Å². The Hall–Kier alpha value is -3.39. The average molecular weight is 396 g/mol. The number of thiazole rings is 1. The highest BCUT2D eigenvalue weighted by Crippen LogP contribution is 2.33.